The van der Waals surface area contributed by atoms with Crippen molar-refractivity contribution in [1.82, 2.24) is 5.32 Å². The highest BCUT2D eigenvalue weighted by molar-refractivity contribution is 9.10. The molecule has 1 amide bonds. The lowest BCUT2D eigenvalue weighted by Crippen LogP contribution is -2.47. The van der Waals surface area contributed by atoms with Crippen LogP contribution in [0.25, 0.3) is 0 Å². The topological polar surface area (TPSA) is 67.8 Å². The van der Waals surface area contributed by atoms with Crippen molar-refractivity contribution in [2.45, 2.75) is 45.0 Å². The lowest BCUT2D eigenvalue weighted by molar-refractivity contribution is -0.0339. The van der Waals surface area contributed by atoms with Crippen LogP contribution >= 0.6 is 15.9 Å². The van der Waals surface area contributed by atoms with Crippen LogP contribution < -0.4 is 10.1 Å². The van der Waals surface area contributed by atoms with Gasteiger partial charge in [0.05, 0.1) is 6.54 Å². The minimum Gasteiger partial charge on any atom is -0.477 e. The smallest absolute Gasteiger partial charge is 0.407 e. The molecule has 1 heterocycles. The molecule has 150 valence electrons. The summed E-state index contributed by atoms with van der Waals surface area (Å²) in [5.41, 5.74) is -0.493. The summed E-state index contributed by atoms with van der Waals surface area (Å²) < 4.78 is 26.1. The number of aliphatic hydroxyl groups excluding tert-OH is 1. The van der Waals surface area contributed by atoms with Gasteiger partial charge in [-0.2, -0.15) is 0 Å². The summed E-state index contributed by atoms with van der Waals surface area (Å²) in [6.45, 7) is 6.85. The number of hydrogen-bond acceptors (Lipinski definition) is 4. The summed E-state index contributed by atoms with van der Waals surface area (Å²) in [4.78, 5) is 12.2. The monoisotopic (exact) mass is 451 g/mol. The molecule has 0 bridgehead atoms. The molecule has 7 heteroatoms. The first kappa shape index (κ1) is 20.6. The molecule has 0 aliphatic carbocycles. The molecule has 0 radical (unpaired) electrons. The van der Waals surface area contributed by atoms with E-state index in [4.69, 9.17) is 9.47 Å². The standard InChI is InChI=1S/C21H23BrFNO4/c1-12-14(23)10-15-16(17(12)22)18(25)21(27-15,13-8-6-5-7-9-13)11-24-19(26)28-20(2,3)4/h5-10,18,25H,11H2,1-4H3,(H,24,26)/t18-,21+/m0/s1. The van der Waals surface area contributed by atoms with Crippen molar-refractivity contribution < 1.29 is 23.8 Å². The van der Waals surface area contributed by atoms with Crippen molar-refractivity contribution in [3.63, 3.8) is 0 Å². The van der Waals surface area contributed by atoms with Gasteiger partial charge in [0.1, 0.15) is 23.3 Å². The Kier molecular flexibility index (Phi) is 5.42. The van der Waals surface area contributed by atoms with Crippen molar-refractivity contribution in [3.8, 4) is 5.75 Å². The van der Waals surface area contributed by atoms with Crippen molar-refractivity contribution in [1.29, 1.82) is 0 Å². The van der Waals surface area contributed by atoms with E-state index in [1.165, 1.54) is 6.07 Å². The first-order valence-corrected chi connectivity index (χ1v) is 9.72. The zero-order valence-electron chi connectivity index (χ0n) is 16.2. The van der Waals surface area contributed by atoms with Gasteiger partial charge in [-0.3, -0.25) is 0 Å². The SMILES string of the molecule is Cc1c(F)cc2c(c1Br)[C@H](O)[C@@](CNC(=O)OC(C)(C)C)(c1ccccc1)O2. The van der Waals surface area contributed by atoms with Crippen LogP contribution in [0, 0.1) is 12.7 Å². The second-order valence-corrected chi connectivity index (χ2v) is 8.62. The average Bonchev–Trinajstić information content (AvgIpc) is 2.90. The summed E-state index contributed by atoms with van der Waals surface area (Å²) in [6.07, 6.45) is -1.76. The molecule has 3 rings (SSSR count). The Morgan fingerprint density at radius 2 is 2.00 bits per heavy atom. The minimum atomic E-state index is -1.32. The van der Waals surface area contributed by atoms with Gasteiger partial charge in [-0.05, 0) is 49.2 Å². The molecule has 0 aromatic heterocycles. The number of carbonyl (C=O) groups is 1. The summed E-state index contributed by atoms with van der Waals surface area (Å²) in [6, 6.07) is 10.3. The number of amides is 1. The van der Waals surface area contributed by atoms with E-state index in [2.05, 4.69) is 21.2 Å². The summed E-state index contributed by atoms with van der Waals surface area (Å²) in [5, 5.41) is 13.9. The van der Waals surface area contributed by atoms with Crippen molar-refractivity contribution >= 4 is 22.0 Å². The molecule has 28 heavy (non-hydrogen) atoms. The number of carbonyl (C=O) groups excluding carboxylic acids is 1. The molecule has 0 saturated carbocycles. The number of fused-ring (bicyclic) bond motifs is 1. The molecule has 1 aliphatic rings. The van der Waals surface area contributed by atoms with Gasteiger partial charge in [0, 0.05) is 21.7 Å². The molecule has 1 aliphatic heterocycles. The summed E-state index contributed by atoms with van der Waals surface area (Å²) in [7, 11) is 0. The number of rotatable bonds is 3. The normalized spacial score (nSPS) is 21.0. The van der Waals surface area contributed by atoms with Gasteiger partial charge < -0.3 is 19.9 Å². The van der Waals surface area contributed by atoms with E-state index in [9.17, 15) is 14.3 Å². The molecule has 0 spiro atoms. The van der Waals surface area contributed by atoms with Crippen molar-refractivity contribution in [2.75, 3.05) is 6.54 Å². The van der Waals surface area contributed by atoms with E-state index in [1.54, 1.807) is 39.8 Å². The average molecular weight is 452 g/mol. The van der Waals surface area contributed by atoms with Crippen LogP contribution in [0.3, 0.4) is 0 Å². The number of hydrogen-bond donors (Lipinski definition) is 2. The highest BCUT2D eigenvalue weighted by Crippen LogP contribution is 2.52. The van der Waals surface area contributed by atoms with Crippen LogP contribution in [0.15, 0.2) is 40.9 Å². The van der Waals surface area contributed by atoms with Crippen LogP contribution in [0.1, 0.15) is 43.6 Å². The number of aliphatic hydroxyl groups is 1. The molecule has 2 aromatic carbocycles. The molecule has 5 nitrogen and oxygen atoms in total. The molecule has 2 aromatic rings. The van der Waals surface area contributed by atoms with Crippen LogP contribution in [0.4, 0.5) is 9.18 Å². The van der Waals surface area contributed by atoms with Gasteiger partial charge in [-0.1, -0.05) is 30.3 Å². The van der Waals surface area contributed by atoms with Gasteiger partial charge in [0.2, 0.25) is 0 Å². The third kappa shape index (κ3) is 3.73. The van der Waals surface area contributed by atoms with E-state index >= 15 is 0 Å². The van der Waals surface area contributed by atoms with Gasteiger partial charge >= 0.3 is 6.09 Å². The van der Waals surface area contributed by atoms with Gasteiger partial charge in [0.25, 0.3) is 0 Å². The molecule has 0 unspecified atom stereocenters. The number of benzene rings is 2. The second kappa shape index (κ2) is 7.37. The summed E-state index contributed by atoms with van der Waals surface area (Å²) >= 11 is 3.37. The molecule has 2 atom stereocenters. The van der Waals surface area contributed by atoms with E-state index in [0.29, 0.717) is 21.2 Å². The van der Waals surface area contributed by atoms with Crippen LogP contribution in [-0.2, 0) is 10.3 Å². The number of halogens is 2. The minimum absolute atomic E-state index is 0.0606. The maximum atomic E-state index is 14.2. The number of ether oxygens (including phenoxy) is 2. The Labute approximate surface area is 172 Å². The van der Waals surface area contributed by atoms with E-state index < -0.39 is 29.2 Å². The predicted molar refractivity (Wildman–Crippen MR) is 107 cm³/mol. The zero-order chi connectivity index (χ0) is 20.7. The highest BCUT2D eigenvalue weighted by Gasteiger charge is 2.51. The van der Waals surface area contributed by atoms with Gasteiger partial charge in [0.15, 0.2) is 5.60 Å². The third-order valence-electron chi connectivity index (χ3n) is 4.61. The van der Waals surface area contributed by atoms with Crippen LogP contribution in [0.2, 0.25) is 0 Å². The quantitative estimate of drug-likeness (QED) is 0.706. The maximum absolute atomic E-state index is 14.2. The first-order chi connectivity index (χ1) is 13.0. The summed E-state index contributed by atoms with van der Waals surface area (Å²) in [5.74, 6) is -0.209. The largest absolute Gasteiger partial charge is 0.477 e. The first-order valence-electron chi connectivity index (χ1n) is 8.93. The highest BCUT2D eigenvalue weighted by atomic mass is 79.9. The number of nitrogens with one attached hydrogen (secondary N) is 1. The lowest BCUT2D eigenvalue weighted by atomic mass is 9.86. The van der Waals surface area contributed by atoms with Crippen molar-refractivity contribution in [2.24, 2.45) is 0 Å². The predicted octanol–water partition coefficient (Wildman–Crippen LogP) is 4.74. The van der Waals surface area contributed by atoms with E-state index in [0.717, 1.165) is 0 Å². The molecule has 0 fully saturated rings. The fourth-order valence-electron chi connectivity index (χ4n) is 3.23. The fourth-order valence-corrected chi connectivity index (χ4v) is 3.83. The molecule has 0 saturated heterocycles. The third-order valence-corrected chi connectivity index (χ3v) is 5.63. The Bertz CT molecular complexity index is 898. The van der Waals surface area contributed by atoms with Crippen LogP contribution in [-0.4, -0.2) is 23.3 Å². The Hall–Kier alpha value is -2.12. The lowest BCUT2D eigenvalue weighted by Gasteiger charge is -2.33. The van der Waals surface area contributed by atoms with E-state index in [1.807, 2.05) is 18.2 Å². The zero-order valence-corrected chi connectivity index (χ0v) is 17.8. The molecule has 2 N–H and O–H groups in total. The van der Waals surface area contributed by atoms with E-state index in [-0.39, 0.29) is 12.3 Å². The van der Waals surface area contributed by atoms with Gasteiger partial charge in [-0.25, -0.2) is 9.18 Å². The van der Waals surface area contributed by atoms with Crippen LogP contribution in [0.5, 0.6) is 5.75 Å². The molecular weight excluding hydrogens is 429 g/mol. The maximum Gasteiger partial charge on any atom is 0.407 e. The second-order valence-electron chi connectivity index (χ2n) is 7.82. The number of alkyl carbamates (subject to hydrolysis) is 1. The fraction of sp³-hybridized carbons (Fsp3) is 0.381. The Morgan fingerprint density at radius 1 is 1.36 bits per heavy atom. The van der Waals surface area contributed by atoms with Gasteiger partial charge in [-0.15, -0.1) is 0 Å². The van der Waals surface area contributed by atoms with Crippen molar-refractivity contribution in [3.05, 3.63) is 63.4 Å². The Balaban J connectivity index is 2.00. The Morgan fingerprint density at radius 3 is 2.61 bits per heavy atom. The molecular formula is C21H23BrFNO4.